The molecule has 2 aromatic carbocycles. The molecule has 7 heteroatoms. The number of nitrogens with zero attached hydrogens (tertiary/aromatic N) is 1. The van der Waals surface area contributed by atoms with Crippen molar-refractivity contribution in [1.82, 2.24) is 4.90 Å². The molecular weight excluding hydrogens is 564 g/mol. The van der Waals surface area contributed by atoms with E-state index in [9.17, 15) is 9.59 Å². The fraction of sp³-hybridized carbons (Fsp3) is 0.111. The number of thioether (sulfide) groups is 1. The second kappa shape index (κ2) is 8.09. The molecule has 25 heavy (non-hydrogen) atoms. The molecule has 0 saturated carbocycles. The average molecular weight is 577 g/mol. The standard InChI is InChI=1S/C18H13I2NO3S/c1-21-17(22)15(25-18(21)23)9-12-7-13(19)16(14(20)8-12)24-10-11-5-3-2-4-6-11/h2-9H,10H2,1H3/b15-9-. The third-order valence-electron chi connectivity index (χ3n) is 3.53. The molecule has 0 radical (unpaired) electrons. The van der Waals surface area contributed by atoms with Crippen LogP contribution in [0.15, 0.2) is 47.4 Å². The van der Waals surface area contributed by atoms with Gasteiger partial charge in [-0.15, -0.1) is 0 Å². The number of hydrogen-bond acceptors (Lipinski definition) is 4. The number of carbonyl (C=O) groups is 2. The van der Waals surface area contributed by atoms with Gasteiger partial charge in [0.15, 0.2) is 0 Å². The van der Waals surface area contributed by atoms with Gasteiger partial charge in [-0.1, -0.05) is 30.3 Å². The van der Waals surface area contributed by atoms with Crippen molar-refractivity contribution >= 4 is 74.2 Å². The molecule has 1 fully saturated rings. The minimum absolute atomic E-state index is 0.247. The lowest BCUT2D eigenvalue weighted by Crippen LogP contribution is -2.22. The van der Waals surface area contributed by atoms with Gasteiger partial charge >= 0.3 is 0 Å². The first kappa shape index (κ1) is 18.7. The van der Waals surface area contributed by atoms with E-state index >= 15 is 0 Å². The van der Waals surface area contributed by atoms with Crippen LogP contribution in [0.5, 0.6) is 5.75 Å². The molecule has 0 aliphatic carbocycles. The lowest BCUT2D eigenvalue weighted by atomic mass is 10.2. The number of likely N-dealkylation sites (N-methyl/N-ethyl adjacent to an activating group) is 1. The Morgan fingerprint density at radius 2 is 1.76 bits per heavy atom. The number of benzene rings is 2. The lowest BCUT2D eigenvalue weighted by Gasteiger charge is -2.11. The van der Waals surface area contributed by atoms with Crippen LogP contribution in [0.25, 0.3) is 6.08 Å². The van der Waals surface area contributed by atoms with Crippen LogP contribution in [0, 0.1) is 7.14 Å². The lowest BCUT2D eigenvalue weighted by molar-refractivity contribution is -0.121. The Hall–Kier alpha value is -1.07. The zero-order valence-electron chi connectivity index (χ0n) is 13.2. The number of imide groups is 1. The maximum Gasteiger partial charge on any atom is 0.293 e. The van der Waals surface area contributed by atoms with Crippen molar-refractivity contribution in [2.45, 2.75) is 6.61 Å². The Kier molecular flexibility index (Phi) is 6.05. The number of rotatable bonds is 4. The van der Waals surface area contributed by atoms with Crippen LogP contribution >= 0.6 is 56.9 Å². The summed E-state index contributed by atoms with van der Waals surface area (Å²) in [5.74, 6) is 0.565. The van der Waals surface area contributed by atoms with Crippen molar-refractivity contribution in [2.75, 3.05) is 7.05 Å². The monoisotopic (exact) mass is 577 g/mol. The molecular formula is C18H13I2NO3S. The molecule has 1 saturated heterocycles. The molecule has 3 rings (SSSR count). The summed E-state index contributed by atoms with van der Waals surface area (Å²) >= 11 is 5.41. The zero-order valence-corrected chi connectivity index (χ0v) is 18.3. The van der Waals surface area contributed by atoms with E-state index < -0.39 is 0 Å². The molecule has 0 spiro atoms. The molecule has 0 aromatic heterocycles. The number of halogens is 2. The van der Waals surface area contributed by atoms with E-state index in [0.29, 0.717) is 11.5 Å². The van der Waals surface area contributed by atoms with Gasteiger partial charge in [0.1, 0.15) is 12.4 Å². The minimum Gasteiger partial charge on any atom is -0.487 e. The van der Waals surface area contributed by atoms with Crippen molar-refractivity contribution in [2.24, 2.45) is 0 Å². The number of amides is 2. The highest BCUT2D eigenvalue weighted by Crippen LogP contribution is 2.34. The van der Waals surface area contributed by atoms with Gasteiger partial charge in [0.05, 0.1) is 12.0 Å². The average Bonchev–Trinajstić information content (AvgIpc) is 2.82. The van der Waals surface area contributed by atoms with Crippen molar-refractivity contribution in [3.63, 3.8) is 0 Å². The fourth-order valence-electron chi connectivity index (χ4n) is 2.23. The molecule has 2 aromatic rings. The number of ether oxygens (including phenoxy) is 1. The van der Waals surface area contributed by atoms with E-state index in [2.05, 4.69) is 45.2 Å². The van der Waals surface area contributed by atoms with Crippen molar-refractivity contribution in [1.29, 1.82) is 0 Å². The van der Waals surface area contributed by atoms with E-state index in [1.165, 1.54) is 7.05 Å². The highest BCUT2D eigenvalue weighted by Gasteiger charge is 2.31. The van der Waals surface area contributed by atoms with Gasteiger partial charge in [-0.25, -0.2) is 0 Å². The second-order valence-electron chi connectivity index (χ2n) is 5.33. The van der Waals surface area contributed by atoms with Gasteiger partial charge in [-0.3, -0.25) is 14.5 Å². The highest BCUT2D eigenvalue weighted by molar-refractivity contribution is 14.1. The van der Waals surface area contributed by atoms with Gasteiger partial charge in [0.2, 0.25) is 0 Å². The second-order valence-corrected chi connectivity index (χ2v) is 8.65. The summed E-state index contributed by atoms with van der Waals surface area (Å²) in [6.07, 6.45) is 1.75. The van der Waals surface area contributed by atoms with Crippen molar-refractivity contribution in [3.05, 3.63) is 65.6 Å². The number of hydrogen-bond donors (Lipinski definition) is 0. The maximum absolute atomic E-state index is 12.0. The van der Waals surface area contributed by atoms with Crippen LogP contribution in [0.1, 0.15) is 11.1 Å². The Labute approximate surface area is 177 Å². The molecule has 128 valence electrons. The summed E-state index contributed by atoms with van der Waals surface area (Å²) in [4.78, 5) is 25.2. The molecule has 1 aliphatic heterocycles. The molecule has 1 aliphatic rings. The van der Waals surface area contributed by atoms with Gasteiger partial charge in [-0.05, 0) is 86.3 Å². The Morgan fingerprint density at radius 3 is 2.32 bits per heavy atom. The fourth-order valence-corrected chi connectivity index (χ4v) is 5.18. The molecule has 0 atom stereocenters. The summed E-state index contributed by atoms with van der Waals surface area (Å²) in [6.45, 7) is 0.501. The zero-order chi connectivity index (χ0) is 18.0. The molecule has 0 bridgehead atoms. The van der Waals surface area contributed by atoms with Crippen molar-refractivity contribution in [3.8, 4) is 5.75 Å². The van der Waals surface area contributed by atoms with Crippen LogP contribution in [-0.2, 0) is 11.4 Å². The van der Waals surface area contributed by atoms with E-state index in [1.54, 1.807) is 6.08 Å². The maximum atomic E-state index is 12.0. The van der Waals surface area contributed by atoms with Crippen LogP contribution < -0.4 is 4.74 Å². The highest BCUT2D eigenvalue weighted by atomic mass is 127. The third kappa shape index (κ3) is 4.37. The summed E-state index contributed by atoms with van der Waals surface area (Å²) in [5, 5.41) is -0.247. The largest absolute Gasteiger partial charge is 0.487 e. The van der Waals surface area contributed by atoms with Gasteiger partial charge < -0.3 is 4.74 Å². The predicted molar refractivity (Wildman–Crippen MR) is 116 cm³/mol. The third-order valence-corrected chi connectivity index (χ3v) is 6.09. The van der Waals surface area contributed by atoms with E-state index in [4.69, 9.17) is 4.74 Å². The Morgan fingerprint density at radius 1 is 1.12 bits per heavy atom. The topological polar surface area (TPSA) is 46.6 Å². The molecule has 2 amide bonds. The summed E-state index contributed by atoms with van der Waals surface area (Å²) in [6, 6.07) is 13.9. The molecule has 0 unspecified atom stereocenters. The first-order chi connectivity index (χ1) is 12.0. The quantitative estimate of drug-likeness (QED) is 0.373. The summed E-state index contributed by atoms with van der Waals surface area (Å²) < 4.78 is 7.88. The smallest absolute Gasteiger partial charge is 0.293 e. The van der Waals surface area contributed by atoms with Crippen molar-refractivity contribution < 1.29 is 14.3 Å². The molecule has 4 nitrogen and oxygen atoms in total. The first-order valence-corrected chi connectivity index (χ1v) is 10.3. The number of carbonyl (C=O) groups excluding carboxylic acids is 2. The Balaban J connectivity index is 1.81. The summed E-state index contributed by atoms with van der Waals surface area (Å²) in [7, 11) is 1.49. The van der Waals surface area contributed by atoms with E-state index in [0.717, 1.165) is 40.7 Å². The van der Waals surface area contributed by atoms with Gasteiger partial charge in [0, 0.05) is 7.05 Å². The van der Waals surface area contributed by atoms with Gasteiger partial charge in [0.25, 0.3) is 11.1 Å². The van der Waals surface area contributed by atoms with E-state index in [-0.39, 0.29) is 11.1 Å². The summed E-state index contributed by atoms with van der Waals surface area (Å²) in [5.41, 5.74) is 1.98. The SMILES string of the molecule is CN1C(=O)S/C(=C\c2cc(I)c(OCc3ccccc3)c(I)c2)C1=O. The van der Waals surface area contributed by atoms with Crippen LogP contribution in [-0.4, -0.2) is 23.1 Å². The van der Waals surface area contributed by atoms with E-state index in [1.807, 2.05) is 42.5 Å². The molecule has 1 heterocycles. The van der Waals surface area contributed by atoms with Crippen LogP contribution in [0.2, 0.25) is 0 Å². The Bertz CT molecular complexity index is 845. The first-order valence-electron chi connectivity index (χ1n) is 7.33. The van der Waals surface area contributed by atoms with Gasteiger partial charge in [-0.2, -0.15) is 0 Å². The minimum atomic E-state index is -0.260. The molecule has 0 N–H and O–H groups in total. The van der Waals surface area contributed by atoms with Crippen LogP contribution in [0.3, 0.4) is 0 Å². The normalized spacial score (nSPS) is 16.0. The van der Waals surface area contributed by atoms with Crippen LogP contribution in [0.4, 0.5) is 4.79 Å². The predicted octanol–water partition coefficient (Wildman–Crippen LogP) is 5.14.